The minimum atomic E-state index is 0.287. The third-order valence-electron chi connectivity index (χ3n) is 3.44. The number of hydrogen-bond donors (Lipinski definition) is 2. The van der Waals surface area contributed by atoms with Crippen molar-refractivity contribution in [2.75, 3.05) is 11.9 Å². The van der Waals surface area contributed by atoms with Gasteiger partial charge in [-0.2, -0.15) is 0 Å². The van der Waals surface area contributed by atoms with Gasteiger partial charge in [0.05, 0.1) is 11.4 Å². The lowest BCUT2D eigenvalue weighted by atomic mass is 10.0. The van der Waals surface area contributed by atoms with Gasteiger partial charge in [0.15, 0.2) is 5.65 Å². The number of imidazole rings is 1. The van der Waals surface area contributed by atoms with Crippen LogP contribution in [0, 0.1) is 0 Å². The van der Waals surface area contributed by atoms with Crippen molar-refractivity contribution in [2.45, 2.75) is 5.92 Å². The summed E-state index contributed by atoms with van der Waals surface area (Å²) in [5.41, 5.74) is 4.29. The minimum absolute atomic E-state index is 0.287. The zero-order valence-corrected chi connectivity index (χ0v) is 9.72. The number of nitrogens with one attached hydrogen (secondary N) is 2. The highest BCUT2D eigenvalue weighted by Gasteiger charge is 2.25. The average molecular weight is 236 g/mol. The Balaban J connectivity index is 1.85. The molecule has 0 radical (unpaired) electrons. The Morgan fingerprint density at radius 2 is 2.06 bits per heavy atom. The van der Waals surface area contributed by atoms with Crippen LogP contribution in [0.1, 0.15) is 17.3 Å². The highest BCUT2D eigenvalue weighted by molar-refractivity contribution is 5.71. The van der Waals surface area contributed by atoms with Crippen LogP contribution in [0.2, 0.25) is 0 Å². The molecule has 2 aromatic heterocycles. The number of anilines is 1. The van der Waals surface area contributed by atoms with Gasteiger partial charge in [-0.05, 0) is 23.8 Å². The summed E-state index contributed by atoms with van der Waals surface area (Å²) < 4.78 is 0. The van der Waals surface area contributed by atoms with Gasteiger partial charge in [0, 0.05) is 18.4 Å². The maximum absolute atomic E-state index is 4.59. The van der Waals surface area contributed by atoms with Crippen LogP contribution in [-0.2, 0) is 0 Å². The molecular weight excluding hydrogens is 224 g/mol. The number of rotatable bonds is 1. The molecular formula is C14H12N4. The smallest absolute Gasteiger partial charge is 0.177 e. The molecule has 0 aliphatic carbocycles. The number of pyridine rings is 1. The van der Waals surface area contributed by atoms with Crippen molar-refractivity contribution in [3.8, 4) is 0 Å². The van der Waals surface area contributed by atoms with E-state index in [1.807, 2.05) is 12.1 Å². The first-order chi connectivity index (χ1) is 8.92. The first-order valence-electron chi connectivity index (χ1n) is 6.05. The van der Waals surface area contributed by atoms with Crippen LogP contribution in [0.4, 0.5) is 5.69 Å². The van der Waals surface area contributed by atoms with Crippen molar-refractivity contribution in [2.24, 2.45) is 0 Å². The average Bonchev–Trinajstić information content (AvgIpc) is 3.02. The number of aromatic nitrogens is 3. The topological polar surface area (TPSA) is 53.6 Å². The fraction of sp³-hybridized carbons (Fsp3) is 0.143. The van der Waals surface area contributed by atoms with Gasteiger partial charge >= 0.3 is 0 Å². The highest BCUT2D eigenvalue weighted by Crippen LogP contribution is 2.34. The van der Waals surface area contributed by atoms with E-state index in [9.17, 15) is 0 Å². The molecule has 0 saturated heterocycles. The Bertz CT molecular complexity index is 683. The number of H-pyrrole nitrogens is 1. The van der Waals surface area contributed by atoms with Crippen molar-refractivity contribution in [3.05, 3.63) is 54.0 Å². The van der Waals surface area contributed by atoms with Crippen LogP contribution in [0.3, 0.4) is 0 Å². The molecule has 0 bridgehead atoms. The standard InChI is InChI=1S/C14H12N4/c1-2-5-11-9(4-1)10(8-16-11)13-17-12-6-3-7-15-14(12)18-13/h1-7,10,16H,8H2,(H,15,17,18). The third kappa shape index (κ3) is 1.32. The van der Waals surface area contributed by atoms with Crippen molar-refractivity contribution in [3.63, 3.8) is 0 Å². The molecule has 4 rings (SSSR count). The van der Waals surface area contributed by atoms with Gasteiger partial charge in [0.2, 0.25) is 0 Å². The molecule has 1 aromatic carbocycles. The Labute approximate surface area is 104 Å². The normalized spacial score (nSPS) is 17.7. The summed E-state index contributed by atoms with van der Waals surface area (Å²) in [5.74, 6) is 1.27. The molecule has 3 heterocycles. The van der Waals surface area contributed by atoms with E-state index < -0.39 is 0 Å². The first kappa shape index (κ1) is 9.65. The summed E-state index contributed by atoms with van der Waals surface area (Å²) in [6.45, 7) is 0.888. The summed E-state index contributed by atoms with van der Waals surface area (Å²) in [6.07, 6.45) is 1.77. The third-order valence-corrected chi connectivity index (χ3v) is 3.44. The van der Waals surface area contributed by atoms with Crippen molar-refractivity contribution < 1.29 is 0 Å². The zero-order valence-electron chi connectivity index (χ0n) is 9.72. The van der Waals surface area contributed by atoms with Crippen LogP contribution in [-0.4, -0.2) is 21.5 Å². The molecule has 0 fully saturated rings. The quantitative estimate of drug-likeness (QED) is 0.682. The van der Waals surface area contributed by atoms with Gasteiger partial charge in [0.1, 0.15) is 5.82 Å². The van der Waals surface area contributed by atoms with Gasteiger partial charge in [-0.1, -0.05) is 18.2 Å². The fourth-order valence-electron chi connectivity index (χ4n) is 2.56. The van der Waals surface area contributed by atoms with E-state index in [-0.39, 0.29) is 5.92 Å². The predicted molar refractivity (Wildman–Crippen MR) is 70.7 cm³/mol. The second kappa shape index (κ2) is 3.57. The van der Waals surface area contributed by atoms with Crippen LogP contribution in [0.15, 0.2) is 42.6 Å². The van der Waals surface area contributed by atoms with Crippen molar-refractivity contribution >= 4 is 16.9 Å². The molecule has 4 heteroatoms. The van der Waals surface area contributed by atoms with Gasteiger partial charge < -0.3 is 10.3 Å². The number of aromatic amines is 1. The lowest BCUT2D eigenvalue weighted by Gasteiger charge is -2.05. The molecule has 0 amide bonds. The lowest BCUT2D eigenvalue weighted by molar-refractivity contribution is 0.835. The molecule has 0 spiro atoms. The van der Waals surface area contributed by atoms with Gasteiger partial charge in [-0.3, -0.25) is 0 Å². The lowest BCUT2D eigenvalue weighted by Crippen LogP contribution is -2.05. The molecule has 18 heavy (non-hydrogen) atoms. The molecule has 1 unspecified atom stereocenters. The van der Waals surface area contributed by atoms with E-state index in [4.69, 9.17) is 0 Å². The van der Waals surface area contributed by atoms with Gasteiger partial charge in [-0.15, -0.1) is 0 Å². The molecule has 2 N–H and O–H groups in total. The van der Waals surface area contributed by atoms with E-state index in [2.05, 4.69) is 44.5 Å². The maximum atomic E-state index is 4.59. The van der Waals surface area contributed by atoms with E-state index in [1.165, 1.54) is 11.3 Å². The van der Waals surface area contributed by atoms with Gasteiger partial charge in [0.25, 0.3) is 0 Å². The molecule has 1 aliphatic rings. The molecule has 88 valence electrons. The number of nitrogens with zero attached hydrogens (tertiary/aromatic N) is 2. The van der Waals surface area contributed by atoms with Crippen LogP contribution in [0.25, 0.3) is 11.2 Å². The summed E-state index contributed by atoms with van der Waals surface area (Å²) in [5, 5.41) is 3.41. The number of para-hydroxylation sites is 1. The minimum Gasteiger partial charge on any atom is -0.384 e. The predicted octanol–water partition coefficient (Wildman–Crippen LogP) is 2.52. The van der Waals surface area contributed by atoms with E-state index in [0.717, 1.165) is 23.5 Å². The summed E-state index contributed by atoms with van der Waals surface area (Å²) in [4.78, 5) is 12.2. The number of benzene rings is 1. The zero-order chi connectivity index (χ0) is 11.9. The molecule has 1 aliphatic heterocycles. The SMILES string of the molecule is c1ccc2c(c1)NCC2c1nc2ncccc2[nH]1. The Kier molecular flexibility index (Phi) is 1.91. The molecule has 3 aromatic rings. The van der Waals surface area contributed by atoms with Crippen LogP contribution < -0.4 is 5.32 Å². The second-order valence-electron chi connectivity index (χ2n) is 4.52. The Morgan fingerprint density at radius 3 is 3.00 bits per heavy atom. The fourth-order valence-corrected chi connectivity index (χ4v) is 2.56. The summed E-state index contributed by atoms with van der Waals surface area (Å²) in [6, 6.07) is 12.3. The van der Waals surface area contributed by atoms with E-state index in [0.29, 0.717) is 0 Å². The first-order valence-corrected chi connectivity index (χ1v) is 6.05. The van der Waals surface area contributed by atoms with Crippen LogP contribution >= 0.6 is 0 Å². The van der Waals surface area contributed by atoms with Crippen molar-refractivity contribution in [1.29, 1.82) is 0 Å². The maximum Gasteiger partial charge on any atom is 0.177 e. The Hall–Kier alpha value is -2.36. The molecule has 4 nitrogen and oxygen atoms in total. The summed E-state index contributed by atoms with van der Waals surface area (Å²) in [7, 11) is 0. The largest absolute Gasteiger partial charge is 0.384 e. The number of hydrogen-bond acceptors (Lipinski definition) is 3. The number of fused-ring (bicyclic) bond motifs is 2. The second-order valence-corrected chi connectivity index (χ2v) is 4.52. The molecule has 0 saturated carbocycles. The van der Waals surface area contributed by atoms with E-state index >= 15 is 0 Å². The summed E-state index contributed by atoms with van der Waals surface area (Å²) >= 11 is 0. The van der Waals surface area contributed by atoms with Crippen molar-refractivity contribution in [1.82, 2.24) is 15.0 Å². The Morgan fingerprint density at radius 1 is 1.11 bits per heavy atom. The monoisotopic (exact) mass is 236 g/mol. The van der Waals surface area contributed by atoms with Gasteiger partial charge in [-0.25, -0.2) is 9.97 Å². The van der Waals surface area contributed by atoms with Crippen LogP contribution in [0.5, 0.6) is 0 Å². The molecule has 1 atom stereocenters. The highest BCUT2D eigenvalue weighted by atomic mass is 15.0. The van der Waals surface area contributed by atoms with E-state index in [1.54, 1.807) is 6.20 Å².